The quantitative estimate of drug-likeness (QED) is 0.673. The maximum atomic E-state index is 12.1. The first kappa shape index (κ1) is 12.8. The van der Waals surface area contributed by atoms with Crippen molar-refractivity contribution in [2.24, 2.45) is 0 Å². The monoisotopic (exact) mass is 266 g/mol. The van der Waals surface area contributed by atoms with Gasteiger partial charge in [-0.1, -0.05) is 18.2 Å². The predicted molar refractivity (Wildman–Crippen MR) is 80.1 cm³/mol. The summed E-state index contributed by atoms with van der Waals surface area (Å²) < 4.78 is 0. The van der Waals surface area contributed by atoms with Crippen molar-refractivity contribution in [1.29, 1.82) is 0 Å². The lowest BCUT2D eigenvalue weighted by molar-refractivity contribution is -0.132. The number of nitrogens with one attached hydrogen (secondary N) is 1. The van der Waals surface area contributed by atoms with Crippen molar-refractivity contribution >= 4 is 16.8 Å². The number of fused-ring (bicyclic) bond motifs is 3. The SMILES string of the molecule is C#CCCCC(=O)N1CCc2c([nH]c3ccccc23)C1. The Morgan fingerprint density at radius 3 is 3.10 bits per heavy atom. The number of H-pyrrole nitrogens is 1. The summed E-state index contributed by atoms with van der Waals surface area (Å²) in [6, 6.07) is 8.34. The van der Waals surface area contributed by atoms with Gasteiger partial charge in [-0.25, -0.2) is 0 Å². The Hall–Kier alpha value is -2.21. The molecule has 1 aliphatic rings. The van der Waals surface area contributed by atoms with E-state index in [0.717, 1.165) is 19.4 Å². The van der Waals surface area contributed by atoms with Crippen LogP contribution in [0.2, 0.25) is 0 Å². The minimum atomic E-state index is 0.213. The molecule has 0 saturated carbocycles. The van der Waals surface area contributed by atoms with Crippen molar-refractivity contribution in [3.05, 3.63) is 35.5 Å². The van der Waals surface area contributed by atoms with Gasteiger partial charge in [-0.3, -0.25) is 4.79 Å². The molecule has 3 heteroatoms. The van der Waals surface area contributed by atoms with Gasteiger partial charge < -0.3 is 9.88 Å². The largest absolute Gasteiger partial charge is 0.357 e. The molecule has 0 radical (unpaired) electrons. The van der Waals surface area contributed by atoms with E-state index in [-0.39, 0.29) is 5.91 Å². The minimum Gasteiger partial charge on any atom is -0.357 e. The number of unbranched alkanes of at least 4 members (excludes halogenated alkanes) is 1. The molecule has 1 aromatic carbocycles. The van der Waals surface area contributed by atoms with Gasteiger partial charge in [0.05, 0.1) is 6.54 Å². The number of carbonyl (C=O) groups is 1. The molecule has 20 heavy (non-hydrogen) atoms. The van der Waals surface area contributed by atoms with Crippen LogP contribution in [0.4, 0.5) is 0 Å². The van der Waals surface area contributed by atoms with Crippen LogP contribution in [0.25, 0.3) is 10.9 Å². The van der Waals surface area contributed by atoms with E-state index in [9.17, 15) is 4.79 Å². The second kappa shape index (κ2) is 5.42. The van der Waals surface area contributed by atoms with Crippen molar-refractivity contribution in [2.75, 3.05) is 6.54 Å². The summed E-state index contributed by atoms with van der Waals surface area (Å²) in [6.07, 6.45) is 8.17. The van der Waals surface area contributed by atoms with E-state index in [0.29, 0.717) is 19.4 Å². The van der Waals surface area contributed by atoms with Gasteiger partial charge in [0.2, 0.25) is 5.91 Å². The lowest BCUT2D eigenvalue weighted by Gasteiger charge is -2.27. The Labute approximate surface area is 119 Å². The Kier molecular flexibility index (Phi) is 3.47. The van der Waals surface area contributed by atoms with Crippen molar-refractivity contribution in [3.63, 3.8) is 0 Å². The molecule has 0 spiro atoms. The summed E-state index contributed by atoms with van der Waals surface area (Å²) in [6.45, 7) is 1.50. The van der Waals surface area contributed by atoms with Crippen molar-refractivity contribution in [3.8, 4) is 12.3 Å². The number of rotatable bonds is 3. The zero-order chi connectivity index (χ0) is 13.9. The normalized spacial score (nSPS) is 14.1. The standard InChI is InChI=1S/C17H18N2O/c1-2-3-4-9-17(20)19-11-10-14-13-7-5-6-8-15(13)18-16(14)12-19/h1,5-8,18H,3-4,9-12H2. The summed E-state index contributed by atoms with van der Waals surface area (Å²) in [5.41, 5.74) is 3.72. The van der Waals surface area contributed by atoms with Gasteiger partial charge in [-0.05, 0) is 24.5 Å². The van der Waals surface area contributed by atoms with Crippen LogP contribution in [-0.2, 0) is 17.8 Å². The third-order valence-electron chi connectivity index (χ3n) is 3.95. The number of aromatic nitrogens is 1. The van der Waals surface area contributed by atoms with Gasteiger partial charge in [0.1, 0.15) is 0 Å². The number of para-hydroxylation sites is 1. The zero-order valence-electron chi connectivity index (χ0n) is 11.5. The van der Waals surface area contributed by atoms with E-state index in [2.05, 4.69) is 29.1 Å². The van der Waals surface area contributed by atoms with Gasteiger partial charge in [0.15, 0.2) is 0 Å². The third-order valence-corrected chi connectivity index (χ3v) is 3.95. The predicted octanol–water partition coefficient (Wildman–Crippen LogP) is 2.86. The molecule has 0 unspecified atom stereocenters. The minimum absolute atomic E-state index is 0.213. The fourth-order valence-electron chi connectivity index (χ4n) is 2.91. The number of benzene rings is 1. The van der Waals surface area contributed by atoms with Crippen molar-refractivity contribution in [1.82, 2.24) is 9.88 Å². The second-order valence-corrected chi connectivity index (χ2v) is 5.25. The molecule has 1 amide bonds. The Balaban J connectivity index is 1.75. The van der Waals surface area contributed by atoms with Crippen LogP contribution in [0.5, 0.6) is 0 Å². The molecule has 0 saturated heterocycles. The maximum Gasteiger partial charge on any atom is 0.222 e. The summed E-state index contributed by atoms with van der Waals surface area (Å²) >= 11 is 0. The van der Waals surface area contributed by atoms with Gasteiger partial charge in [-0.2, -0.15) is 0 Å². The average Bonchev–Trinajstić information content (AvgIpc) is 2.85. The molecular weight excluding hydrogens is 248 g/mol. The van der Waals surface area contributed by atoms with E-state index in [1.807, 2.05) is 11.0 Å². The molecule has 3 nitrogen and oxygen atoms in total. The molecule has 0 atom stereocenters. The van der Waals surface area contributed by atoms with Crippen LogP contribution in [-0.4, -0.2) is 22.3 Å². The first-order chi connectivity index (χ1) is 9.79. The molecule has 3 rings (SSSR count). The maximum absolute atomic E-state index is 12.1. The fraction of sp³-hybridized carbons (Fsp3) is 0.353. The highest BCUT2D eigenvalue weighted by Crippen LogP contribution is 2.27. The molecule has 0 fully saturated rings. The highest BCUT2D eigenvalue weighted by Gasteiger charge is 2.23. The van der Waals surface area contributed by atoms with Gasteiger partial charge >= 0.3 is 0 Å². The summed E-state index contributed by atoms with van der Waals surface area (Å²) in [4.78, 5) is 17.5. The van der Waals surface area contributed by atoms with E-state index >= 15 is 0 Å². The topological polar surface area (TPSA) is 36.1 Å². The number of carbonyl (C=O) groups excluding carboxylic acids is 1. The van der Waals surface area contributed by atoms with E-state index in [4.69, 9.17) is 6.42 Å². The van der Waals surface area contributed by atoms with Crippen molar-refractivity contribution in [2.45, 2.75) is 32.2 Å². The van der Waals surface area contributed by atoms with Crippen LogP contribution >= 0.6 is 0 Å². The number of aromatic amines is 1. The second-order valence-electron chi connectivity index (χ2n) is 5.25. The molecular formula is C17H18N2O. The van der Waals surface area contributed by atoms with Gasteiger partial charge in [0.25, 0.3) is 0 Å². The fourth-order valence-corrected chi connectivity index (χ4v) is 2.91. The van der Waals surface area contributed by atoms with Crippen molar-refractivity contribution < 1.29 is 4.79 Å². The first-order valence-electron chi connectivity index (χ1n) is 7.09. The van der Waals surface area contributed by atoms with Crippen LogP contribution in [0.3, 0.4) is 0 Å². The molecule has 1 aromatic heterocycles. The summed E-state index contributed by atoms with van der Waals surface area (Å²) in [5, 5.41) is 1.29. The molecule has 1 N–H and O–H groups in total. The molecule has 0 bridgehead atoms. The van der Waals surface area contributed by atoms with E-state index in [1.54, 1.807) is 0 Å². The smallest absolute Gasteiger partial charge is 0.222 e. The summed E-state index contributed by atoms with van der Waals surface area (Å²) in [5.74, 6) is 2.80. The Bertz CT molecular complexity index is 678. The zero-order valence-corrected chi connectivity index (χ0v) is 11.5. The number of hydrogen-bond acceptors (Lipinski definition) is 1. The van der Waals surface area contributed by atoms with Crippen LogP contribution in [0, 0.1) is 12.3 Å². The molecule has 2 heterocycles. The molecule has 2 aromatic rings. The Morgan fingerprint density at radius 1 is 1.40 bits per heavy atom. The molecule has 0 aliphatic carbocycles. The van der Waals surface area contributed by atoms with Gasteiger partial charge in [-0.15, -0.1) is 12.3 Å². The van der Waals surface area contributed by atoms with Gasteiger partial charge in [0, 0.05) is 36.0 Å². The number of nitrogens with zero attached hydrogens (tertiary/aromatic N) is 1. The summed E-state index contributed by atoms with van der Waals surface area (Å²) in [7, 11) is 0. The number of terminal acetylenes is 1. The Morgan fingerprint density at radius 2 is 2.25 bits per heavy atom. The lowest BCUT2D eigenvalue weighted by atomic mass is 10.0. The third kappa shape index (κ3) is 2.30. The highest BCUT2D eigenvalue weighted by molar-refractivity contribution is 5.85. The first-order valence-corrected chi connectivity index (χ1v) is 7.09. The van der Waals surface area contributed by atoms with Crippen LogP contribution in [0.1, 0.15) is 30.5 Å². The van der Waals surface area contributed by atoms with Crippen LogP contribution in [0.15, 0.2) is 24.3 Å². The molecule has 1 aliphatic heterocycles. The van der Waals surface area contributed by atoms with E-state index in [1.165, 1.54) is 22.2 Å². The highest BCUT2D eigenvalue weighted by atomic mass is 16.2. The number of hydrogen-bond donors (Lipinski definition) is 1. The molecule has 102 valence electrons. The average molecular weight is 266 g/mol. The number of amides is 1. The van der Waals surface area contributed by atoms with Crippen LogP contribution < -0.4 is 0 Å². The lowest BCUT2D eigenvalue weighted by Crippen LogP contribution is -2.35. The van der Waals surface area contributed by atoms with E-state index < -0.39 is 0 Å².